The molecular formula is C10H9ClF3N3. The SMILES string of the molecule is Cl.Nc1cn(-c2ccccc2C(F)(F)F)cn1. The van der Waals surface area contributed by atoms with E-state index in [0.717, 1.165) is 6.07 Å². The number of halogens is 4. The largest absolute Gasteiger partial charge is 0.418 e. The number of hydrogen-bond acceptors (Lipinski definition) is 2. The van der Waals surface area contributed by atoms with Crippen molar-refractivity contribution in [2.75, 3.05) is 5.73 Å². The number of nitrogen functional groups attached to an aromatic ring is 1. The molecule has 0 fully saturated rings. The van der Waals surface area contributed by atoms with Gasteiger partial charge in [0.15, 0.2) is 0 Å². The summed E-state index contributed by atoms with van der Waals surface area (Å²) in [5, 5.41) is 0. The topological polar surface area (TPSA) is 43.8 Å². The van der Waals surface area contributed by atoms with Gasteiger partial charge in [0, 0.05) is 0 Å². The van der Waals surface area contributed by atoms with Crippen molar-refractivity contribution >= 4 is 18.2 Å². The molecule has 7 heteroatoms. The van der Waals surface area contributed by atoms with E-state index >= 15 is 0 Å². The number of hydrogen-bond donors (Lipinski definition) is 1. The molecule has 2 N–H and O–H groups in total. The molecule has 92 valence electrons. The number of alkyl halides is 3. The van der Waals surface area contributed by atoms with Crippen LogP contribution in [0.25, 0.3) is 5.69 Å². The Labute approximate surface area is 101 Å². The molecule has 0 saturated heterocycles. The summed E-state index contributed by atoms with van der Waals surface area (Å²) in [6.45, 7) is 0. The highest BCUT2D eigenvalue weighted by molar-refractivity contribution is 5.85. The summed E-state index contributed by atoms with van der Waals surface area (Å²) in [7, 11) is 0. The first kappa shape index (κ1) is 13.4. The molecule has 0 aliphatic heterocycles. The molecule has 17 heavy (non-hydrogen) atoms. The number of rotatable bonds is 1. The van der Waals surface area contributed by atoms with Gasteiger partial charge in [0.1, 0.15) is 12.1 Å². The van der Waals surface area contributed by atoms with E-state index in [1.807, 2.05) is 0 Å². The minimum Gasteiger partial charge on any atom is -0.382 e. The second-order valence-electron chi connectivity index (χ2n) is 3.22. The number of anilines is 1. The highest BCUT2D eigenvalue weighted by Crippen LogP contribution is 2.33. The maximum absolute atomic E-state index is 12.7. The van der Waals surface area contributed by atoms with Crippen LogP contribution in [0.3, 0.4) is 0 Å². The first-order valence-corrected chi connectivity index (χ1v) is 4.44. The van der Waals surface area contributed by atoms with Crippen molar-refractivity contribution in [3.63, 3.8) is 0 Å². The van der Waals surface area contributed by atoms with Crippen molar-refractivity contribution in [3.05, 3.63) is 42.4 Å². The smallest absolute Gasteiger partial charge is 0.382 e. The standard InChI is InChI=1S/C10H8F3N3.ClH/c11-10(12,13)7-3-1-2-4-8(7)16-5-9(14)15-6-16;/h1-6H,14H2;1H. The summed E-state index contributed by atoms with van der Waals surface area (Å²) >= 11 is 0. The van der Waals surface area contributed by atoms with E-state index in [4.69, 9.17) is 5.73 Å². The minimum absolute atomic E-state index is 0. The Balaban J connectivity index is 0.00000144. The number of aromatic nitrogens is 2. The van der Waals surface area contributed by atoms with E-state index in [-0.39, 0.29) is 23.9 Å². The Bertz CT molecular complexity index is 507. The summed E-state index contributed by atoms with van der Waals surface area (Å²) < 4.78 is 39.3. The molecule has 0 unspecified atom stereocenters. The molecule has 1 aromatic heterocycles. The molecule has 1 heterocycles. The fourth-order valence-corrected chi connectivity index (χ4v) is 1.41. The lowest BCUT2D eigenvalue weighted by Gasteiger charge is -2.12. The second kappa shape index (κ2) is 4.67. The maximum atomic E-state index is 12.7. The molecule has 0 amide bonds. The molecule has 0 saturated carbocycles. The summed E-state index contributed by atoms with van der Waals surface area (Å²) in [6, 6.07) is 5.25. The van der Waals surface area contributed by atoms with Crippen LogP contribution in [0.1, 0.15) is 5.56 Å². The van der Waals surface area contributed by atoms with Crippen molar-refractivity contribution < 1.29 is 13.2 Å². The van der Waals surface area contributed by atoms with E-state index in [0.29, 0.717) is 0 Å². The van der Waals surface area contributed by atoms with Gasteiger partial charge in [0.2, 0.25) is 0 Å². The number of nitrogens with zero attached hydrogens (tertiary/aromatic N) is 2. The quantitative estimate of drug-likeness (QED) is 0.860. The van der Waals surface area contributed by atoms with Gasteiger partial charge < -0.3 is 10.3 Å². The second-order valence-corrected chi connectivity index (χ2v) is 3.22. The molecular weight excluding hydrogens is 255 g/mol. The summed E-state index contributed by atoms with van der Waals surface area (Å²) in [4.78, 5) is 3.69. The van der Waals surface area contributed by atoms with Crippen molar-refractivity contribution in [2.45, 2.75) is 6.18 Å². The number of para-hydroxylation sites is 1. The molecule has 1 aromatic carbocycles. The number of benzene rings is 1. The number of imidazole rings is 1. The van der Waals surface area contributed by atoms with Gasteiger partial charge >= 0.3 is 6.18 Å². The lowest BCUT2D eigenvalue weighted by Crippen LogP contribution is -2.09. The van der Waals surface area contributed by atoms with Crippen LogP contribution in [0.4, 0.5) is 19.0 Å². The van der Waals surface area contributed by atoms with Crippen molar-refractivity contribution in [1.82, 2.24) is 9.55 Å². The van der Waals surface area contributed by atoms with Gasteiger partial charge in [-0.1, -0.05) is 12.1 Å². The van der Waals surface area contributed by atoms with E-state index < -0.39 is 11.7 Å². The Morgan fingerprint density at radius 1 is 1.18 bits per heavy atom. The molecule has 0 aliphatic carbocycles. The van der Waals surface area contributed by atoms with Gasteiger partial charge in [0.05, 0.1) is 17.4 Å². The predicted octanol–water partition coefficient (Wildman–Crippen LogP) is 2.90. The highest BCUT2D eigenvalue weighted by atomic mass is 35.5. The lowest BCUT2D eigenvalue weighted by molar-refractivity contribution is -0.137. The number of nitrogens with two attached hydrogens (primary N) is 1. The molecule has 0 spiro atoms. The van der Waals surface area contributed by atoms with Crippen LogP contribution < -0.4 is 5.73 Å². The average molecular weight is 264 g/mol. The zero-order valence-corrected chi connectivity index (χ0v) is 9.29. The van der Waals surface area contributed by atoms with Crippen LogP contribution in [-0.4, -0.2) is 9.55 Å². The van der Waals surface area contributed by atoms with Crippen molar-refractivity contribution in [2.24, 2.45) is 0 Å². The third kappa shape index (κ3) is 2.71. The predicted molar refractivity (Wildman–Crippen MR) is 60.2 cm³/mol. The normalized spacial score (nSPS) is 11.0. The molecule has 0 atom stereocenters. The third-order valence-electron chi connectivity index (χ3n) is 2.09. The monoisotopic (exact) mass is 263 g/mol. The Morgan fingerprint density at radius 2 is 1.82 bits per heavy atom. The summed E-state index contributed by atoms with van der Waals surface area (Å²) in [6.07, 6.45) is -1.81. The van der Waals surface area contributed by atoms with Crippen LogP contribution in [0, 0.1) is 0 Å². The third-order valence-corrected chi connectivity index (χ3v) is 2.09. The zero-order valence-electron chi connectivity index (χ0n) is 8.48. The molecule has 0 radical (unpaired) electrons. The van der Waals surface area contributed by atoms with Gasteiger partial charge in [-0.2, -0.15) is 13.2 Å². The first-order valence-electron chi connectivity index (χ1n) is 4.44. The Hall–Kier alpha value is -1.69. The zero-order chi connectivity index (χ0) is 11.8. The van der Waals surface area contributed by atoms with Gasteiger partial charge in [-0.25, -0.2) is 4.98 Å². The average Bonchev–Trinajstić information content (AvgIpc) is 2.64. The van der Waals surface area contributed by atoms with Crippen LogP contribution in [0.15, 0.2) is 36.8 Å². The van der Waals surface area contributed by atoms with Crippen molar-refractivity contribution in [1.29, 1.82) is 0 Å². The molecule has 2 rings (SSSR count). The molecule has 0 aliphatic rings. The fraction of sp³-hybridized carbons (Fsp3) is 0.100. The van der Waals surface area contributed by atoms with Gasteiger partial charge in [-0.05, 0) is 12.1 Å². The van der Waals surface area contributed by atoms with Crippen molar-refractivity contribution in [3.8, 4) is 5.69 Å². The Morgan fingerprint density at radius 3 is 2.35 bits per heavy atom. The van der Waals surface area contributed by atoms with Gasteiger partial charge in [-0.3, -0.25) is 0 Å². The van der Waals surface area contributed by atoms with E-state index in [1.165, 1.54) is 35.3 Å². The van der Waals surface area contributed by atoms with Crippen LogP contribution in [-0.2, 0) is 6.18 Å². The Kier molecular flexibility index (Phi) is 3.67. The lowest BCUT2D eigenvalue weighted by atomic mass is 10.1. The fourth-order valence-electron chi connectivity index (χ4n) is 1.41. The molecule has 3 nitrogen and oxygen atoms in total. The van der Waals surface area contributed by atoms with Crippen LogP contribution >= 0.6 is 12.4 Å². The van der Waals surface area contributed by atoms with Gasteiger partial charge in [-0.15, -0.1) is 12.4 Å². The van der Waals surface area contributed by atoms with Gasteiger partial charge in [0.25, 0.3) is 0 Å². The highest BCUT2D eigenvalue weighted by Gasteiger charge is 2.33. The van der Waals surface area contributed by atoms with Crippen LogP contribution in [0.2, 0.25) is 0 Å². The molecule has 0 bridgehead atoms. The summed E-state index contributed by atoms with van der Waals surface area (Å²) in [5.41, 5.74) is 4.66. The van der Waals surface area contributed by atoms with E-state index in [2.05, 4.69) is 4.98 Å². The first-order chi connectivity index (χ1) is 7.48. The minimum atomic E-state index is -4.39. The molecule has 2 aromatic rings. The summed E-state index contributed by atoms with van der Waals surface area (Å²) in [5.74, 6) is 0.178. The van der Waals surface area contributed by atoms with E-state index in [1.54, 1.807) is 0 Å². The van der Waals surface area contributed by atoms with E-state index in [9.17, 15) is 13.2 Å². The maximum Gasteiger partial charge on any atom is 0.418 e. The van der Waals surface area contributed by atoms with Crippen LogP contribution in [0.5, 0.6) is 0 Å².